The van der Waals surface area contributed by atoms with Crippen molar-refractivity contribution in [2.45, 2.75) is 13.0 Å². The number of nitrogens with one attached hydrogen (secondary N) is 2. The molecule has 0 fully saturated rings. The van der Waals surface area contributed by atoms with E-state index >= 15 is 0 Å². The SMILES string of the molecule is Cc1cccc(NC(=O)NC(CO)C(=O)O)c1. The number of aliphatic hydroxyl groups excluding tert-OH is 1. The van der Waals surface area contributed by atoms with Crippen LogP contribution < -0.4 is 10.6 Å². The van der Waals surface area contributed by atoms with Crippen molar-refractivity contribution in [1.82, 2.24) is 5.32 Å². The predicted molar refractivity (Wildman–Crippen MR) is 61.8 cm³/mol. The van der Waals surface area contributed by atoms with Crippen molar-refractivity contribution >= 4 is 17.7 Å². The maximum atomic E-state index is 11.4. The molecule has 1 aromatic rings. The number of rotatable bonds is 4. The molecule has 6 nitrogen and oxygen atoms in total. The second kappa shape index (κ2) is 5.86. The lowest BCUT2D eigenvalue weighted by Gasteiger charge is -2.12. The molecule has 1 aromatic carbocycles. The smallest absolute Gasteiger partial charge is 0.328 e. The molecule has 0 aromatic heterocycles. The van der Waals surface area contributed by atoms with Gasteiger partial charge in [0, 0.05) is 5.69 Å². The van der Waals surface area contributed by atoms with Gasteiger partial charge < -0.3 is 20.8 Å². The number of urea groups is 1. The second-order valence-corrected chi connectivity index (χ2v) is 3.54. The second-order valence-electron chi connectivity index (χ2n) is 3.54. The van der Waals surface area contributed by atoms with Gasteiger partial charge in [0.15, 0.2) is 6.04 Å². The van der Waals surface area contributed by atoms with Gasteiger partial charge in [-0.25, -0.2) is 9.59 Å². The summed E-state index contributed by atoms with van der Waals surface area (Å²) in [7, 11) is 0. The van der Waals surface area contributed by atoms with E-state index in [1.165, 1.54) is 0 Å². The lowest BCUT2D eigenvalue weighted by molar-refractivity contribution is -0.140. The van der Waals surface area contributed by atoms with Crippen molar-refractivity contribution in [3.63, 3.8) is 0 Å². The van der Waals surface area contributed by atoms with Crippen molar-refractivity contribution in [2.24, 2.45) is 0 Å². The van der Waals surface area contributed by atoms with Crippen molar-refractivity contribution in [2.75, 3.05) is 11.9 Å². The zero-order chi connectivity index (χ0) is 12.8. The number of anilines is 1. The van der Waals surface area contributed by atoms with Crippen LogP contribution in [0.15, 0.2) is 24.3 Å². The normalized spacial score (nSPS) is 11.6. The number of hydrogen-bond donors (Lipinski definition) is 4. The quantitative estimate of drug-likeness (QED) is 0.616. The van der Waals surface area contributed by atoms with Gasteiger partial charge in [-0.15, -0.1) is 0 Å². The van der Waals surface area contributed by atoms with Gasteiger partial charge in [0.1, 0.15) is 0 Å². The van der Waals surface area contributed by atoms with Crippen LogP contribution in [0.3, 0.4) is 0 Å². The molecule has 0 bridgehead atoms. The van der Waals surface area contributed by atoms with E-state index in [-0.39, 0.29) is 0 Å². The highest BCUT2D eigenvalue weighted by atomic mass is 16.4. The summed E-state index contributed by atoms with van der Waals surface area (Å²) in [5.41, 5.74) is 1.53. The number of carbonyl (C=O) groups is 2. The first-order valence-corrected chi connectivity index (χ1v) is 5.01. The summed E-state index contributed by atoms with van der Waals surface area (Å²) in [6, 6.07) is 5.09. The van der Waals surface area contributed by atoms with Gasteiger partial charge in [-0.1, -0.05) is 12.1 Å². The third-order valence-electron chi connectivity index (χ3n) is 2.06. The fraction of sp³-hybridized carbons (Fsp3) is 0.273. The molecule has 0 aliphatic heterocycles. The van der Waals surface area contributed by atoms with Gasteiger partial charge in [-0.3, -0.25) is 0 Å². The van der Waals surface area contributed by atoms with Crippen LogP contribution in [0.4, 0.5) is 10.5 Å². The summed E-state index contributed by atoms with van der Waals surface area (Å²) in [6.45, 7) is 1.22. The van der Waals surface area contributed by atoms with E-state index in [1.807, 2.05) is 13.0 Å². The van der Waals surface area contributed by atoms with E-state index in [9.17, 15) is 9.59 Å². The van der Waals surface area contributed by atoms with Crippen LogP contribution in [0.25, 0.3) is 0 Å². The van der Waals surface area contributed by atoms with Crippen molar-refractivity contribution in [1.29, 1.82) is 0 Å². The van der Waals surface area contributed by atoms with E-state index in [0.29, 0.717) is 5.69 Å². The van der Waals surface area contributed by atoms with E-state index in [2.05, 4.69) is 10.6 Å². The van der Waals surface area contributed by atoms with Crippen LogP contribution in [0, 0.1) is 6.92 Å². The molecule has 1 atom stereocenters. The number of aliphatic hydroxyl groups is 1. The summed E-state index contributed by atoms with van der Waals surface area (Å²) in [4.78, 5) is 22.0. The molecule has 2 amide bonds. The van der Waals surface area contributed by atoms with Gasteiger partial charge in [0.25, 0.3) is 0 Å². The summed E-state index contributed by atoms with van der Waals surface area (Å²) >= 11 is 0. The van der Waals surface area contributed by atoms with Crippen LogP contribution in [0.2, 0.25) is 0 Å². The fourth-order valence-corrected chi connectivity index (χ4v) is 1.23. The average molecular weight is 238 g/mol. The van der Waals surface area contributed by atoms with Gasteiger partial charge in [-0.05, 0) is 24.6 Å². The molecule has 0 aliphatic rings. The standard InChI is InChI=1S/C11H14N2O4/c1-7-3-2-4-8(5-7)12-11(17)13-9(6-14)10(15)16/h2-5,9,14H,6H2,1H3,(H,15,16)(H2,12,13,17). The van der Waals surface area contributed by atoms with Crippen molar-refractivity contribution in [3.8, 4) is 0 Å². The maximum absolute atomic E-state index is 11.4. The lowest BCUT2D eigenvalue weighted by Crippen LogP contribution is -2.45. The first kappa shape index (κ1) is 13.0. The fourth-order valence-electron chi connectivity index (χ4n) is 1.23. The monoisotopic (exact) mass is 238 g/mol. The zero-order valence-corrected chi connectivity index (χ0v) is 9.30. The molecule has 4 N–H and O–H groups in total. The molecule has 1 rings (SSSR count). The van der Waals surface area contributed by atoms with Crippen LogP contribution in [0.1, 0.15) is 5.56 Å². The Morgan fingerprint density at radius 2 is 2.12 bits per heavy atom. The Balaban J connectivity index is 2.58. The van der Waals surface area contributed by atoms with E-state index in [0.717, 1.165) is 5.56 Å². The van der Waals surface area contributed by atoms with Crippen LogP contribution in [0.5, 0.6) is 0 Å². The summed E-state index contributed by atoms with van der Waals surface area (Å²) in [5.74, 6) is -1.29. The third kappa shape index (κ3) is 4.12. The Bertz CT molecular complexity index is 420. The molecule has 17 heavy (non-hydrogen) atoms. The van der Waals surface area contributed by atoms with Crippen molar-refractivity contribution in [3.05, 3.63) is 29.8 Å². The number of carboxylic acid groups (broad SMARTS) is 1. The van der Waals surface area contributed by atoms with Gasteiger partial charge in [0.05, 0.1) is 6.61 Å². The highest BCUT2D eigenvalue weighted by Gasteiger charge is 2.18. The predicted octanol–water partition coefficient (Wildman–Crippen LogP) is 0.562. The van der Waals surface area contributed by atoms with Crippen LogP contribution in [-0.4, -0.2) is 34.9 Å². The van der Waals surface area contributed by atoms with Crippen LogP contribution in [-0.2, 0) is 4.79 Å². The van der Waals surface area contributed by atoms with Gasteiger partial charge in [-0.2, -0.15) is 0 Å². The lowest BCUT2D eigenvalue weighted by atomic mass is 10.2. The summed E-state index contributed by atoms with van der Waals surface area (Å²) in [6.07, 6.45) is 0. The number of amides is 2. The highest BCUT2D eigenvalue weighted by molar-refractivity contribution is 5.92. The molecule has 0 spiro atoms. The number of carboxylic acids is 1. The Hall–Kier alpha value is -2.08. The number of aliphatic carboxylic acids is 1. The number of hydrogen-bond acceptors (Lipinski definition) is 3. The zero-order valence-electron chi connectivity index (χ0n) is 9.30. The maximum Gasteiger partial charge on any atom is 0.328 e. The van der Waals surface area contributed by atoms with Gasteiger partial charge in [0.2, 0.25) is 0 Å². The molecule has 0 saturated heterocycles. The molecule has 6 heteroatoms. The minimum Gasteiger partial charge on any atom is -0.480 e. The molecule has 1 unspecified atom stereocenters. The van der Waals surface area contributed by atoms with E-state index in [1.54, 1.807) is 18.2 Å². The molecular weight excluding hydrogens is 224 g/mol. The Kier molecular flexibility index (Phi) is 4.47. The molecule has 0 radical (unpaired) electrons. The van der Waals surface area contributed by atoms with E-state index in [4.69, 9.17) is 10.2 Å². The first-order valence-electron chi connectivity index (χ1n) is 5.01. The highest BCUT2D eigenvalue weighted by Crippen LogP contribution is 2.08. The molecule has 0 saturated carbocycles. The number of carbonyl (C=O) groups excluding carboxylic acids is 1. The van der Waals surface area contributed by atoms with E-state index < -0.39 is 24.6 Å². The Morgan fingerprint density at radius 1 is 1.41 bits per heavy atom. The minimum atomic E-state index is -1.31. The molecule has 92 valence electrons. The minimum absolute atomic E-state index is 0.560. The number of benzene rings is 1. The molecular formula is C11H14N2O4. The largest absolute Gasteiger partial charge is 0.480 e. The Morgan fingerprint density at radius 3 is 2.65 bits per heavy atom. The molecule has 0 heterocycles. The topological polar surface area (TPSA) is 98.7 Å². The third-order valence-corrected chi connectivity index (χ3v) is 2.06. The first-order chi connectivity index (χ1) is 8.02. The summed E-state index contributed by atoms with van der Waals surface area (Å²) in [5, 5.41) is 22.0. The number of aryl methyl sites for hydroxylation is 1. The van der Waals surface area contributed by atoms with Gasteiger partial charge >= 0.3 is 12.0 Å². The average Bonchev–Trinajstić information content (AvgIpc) is 2.25. The Labute approximate surface area is 98.3 Å². The van der Waals surface area contributed by atoms with Crippen molar-refractivity contribution < 1.29 is 19.8 Å². The molecule has 0 aliphatic carbocycles. The van der Waals surface area contributed by atoms with Crippen LogP contribution >= 0.6 is 0 Å². The summed E-state index contributed by atoms with van der Waals surface area (Å²) < 4.78 is 0.